The predicted molar refractivity (Wildman–Crippen MR) is 84.0 cm³/mol. The standard InChI is InChI=1S/C13H14BrClFN3S/c1-6(2)11-13(20-19-18-11)12(17-3)7-4-5-8(14)9(15)10(7)16/h4-6,12,17H,1-3H3. The number of hydrogen-bond donors (Lipinski definition) is 1. The number of nitrogens with zero attached hydrogens (tertiary/aromatic N) is 2. The van der Waals surface area contributed by atoms with Gasteiger partial charge in [0.2, 0.25) is 0 Å². The van der Waals surface area contributed by atoms with Crippen LogP contribution in [0.15, 0.2) is 16.6 Å². The van der Waals surface area contributed by atoms with Gasteiger partial charge in [0.15, 0.2) is 0 Å². The first kappa shape index (κ1) is 15.8. The van der Waals surface area contributed by atoms with E-state index in [-0.39, 0.29) is 17.0 Å². The molecule has 0 radical (unpaired) electrons. The van der Waals surface area contributed by atoms with Crippen LogP contribution in [0.5, 0.6) is 0 Å². The van der Waals surface area contributed by atoms with Gasteiger partial charge < -0.3 is 5.32 Å². The highest BCUT2D eigenvalue weighted by molar-refractivity contribution is 9.10. The molecule has 1 aromatic carbocycles. The average Bonchev–Trinajstić information content (AvgIpc) is 2.89. The molecule has 1 heterocycles. The van der Waals surface area contributed by atoms with Gasteiger partial charge in [-0.05, 0) is 46.5 Å². The number of benzene rings is 1. The van der Waals surface area contributed by atoms with Gasteiger partial charge in [-0.15, -0.1) is 5.10 Å². The second-order valence-corrected chi connectivity index (χ2v) is 6.68. The average molecular weight is 379 g/mol. The van der Waals surface area contributed by atoms with Crippen molar-refractivity contribution >= 4 is 39.1 Å². The van der Waals surface area contributed by atoms with Crippen LogP contribution in [0.2, 0.25) is 5.02 Å². The Kier molecular flexibility index (Phi) is 5.12. The van der Waals surface area contributed by atoms with E-state index < -0.39 is 5.82 Å². The van der Waals surface area contributed by atoms with Gasteiger partial charge in [0, 0.05) is 10.0 Å². The molecule has 0 fully saturated rings. The predicted octanol–water partition coefficient (Wildman–Crippen LogP) is 4.53. The second-order valence-electron chi connectivity index (χ2n) is 4.66. The fourth-order valence-electron chi connectivity index (χ4n) is 2.00. The molecular weight excluding hydrogens is 365 g/mol. The smallest absolute Gasteiger partial charge is 0.148 e. The maximum Gasteiger partial charge on any atom is 0.148 e. The molecule has 0 aliphatic heterocycles. The lowest BCUT2D eigenvalue weighted by Crippen LogP contribution is -2.19. The number of nitrogens with one attached hydrogen (secondary N) is 1. The van der Waals surface area contributed by atoms with E-state index >= 15 is 0 Å². The van der Waals surface area contributed by atoms with Gasteiger partial charge in [-0.3, -0.25) is 0 Å². The Balaban J connectivity index is 2.53. The fourth-order valence-corrected chi connectivity index (χ4v) is 3.41. The van der Waals surface area contributed by atoms with E-state index in [4.69, 9.17) is 11.6 Å². The van der Waals surface area contributed by atoms with Crippen LogP contribution in [-0.4, -0.2) is 16.6 Å². The zero-order valence-corrected chi connectivity index (χ0v) is 14.4. The molecule has 0 bridgehead atoms. The minimum Gasteiger partial charge on any atom is -0.308 e. The third-order valence-corrected chi connectivity index (χ3v) is 5.08. The maximum absolute atomic E-state index is 14.4. The summed E-state index contributed by atoms with van der Waals surface area (Å²) in [5.74, 6) is -0.197. The molecule has 0 aliphatic rings. The molecule has 1 unspecified atom stereocenters. The van der Waals surface area contributed by atoms with Crippen LogP contribution in [0.3, 0.4) is 0 Å². The lowest BCUT2D eigenvalue weighted by atomic mass is 10.00. The first-order chi connectivity index (χ1) is 9.47. The molecule has 1 aromatic heterocycles. The summed E-state index contributed by atoms with van der Waals surface area (Å²) < 4.78 is 18.9. The molecule has 2 rings (SSSR count). The van der Waals surface area contributed by atoms with Gasteiger partial charge in [0.25, 0.3) is 0 Å². The quantitative estimate of drug-likeness (QED) is 0.795. The largest absolute Gasteiger partial charge is 0.308 e. The van der Waals surface area contributed by atoms with Gasteiger partial charge >= 0.3 is 0 Å². The monoisotopic (exact) mass is 377 g/mol. The molecular formula is C13H14BrClFN3S. The van der Waals surface area contributed by atoms with E-state index in [1.165, 1.54) is 11.5 Å². The minimum atomic E-state index is -0.427. The molecule has 0 spiro atoms. The summed E-state index contributed by atoms with van der Waals surface area (Å²) in [6, 6.07) is 3.16. The lowest BCUT2D eigenvalue weighted by Gasteiger charge is -2.18. The topological polar surface area (TPSA) is 37.8 Å². The van der Waals surface area contributed by atoms with E-state index in [1.807, 2.05) is 13.8 Å². The number of hydrogen-bond acceptors (Lipinski definition) is 4. The van der Waals surface area contributed by atoms with Crippen LogP contribution in [0.1, 0.15) is 41.9 Å². The second kappa shape index (κ2) is 6.47. The van der Waals surface area contributed by atoms with Crippen LogP contribution in [0, 0.1) is 5.82 Å². The summed E-state index contributed by atoms with van der Waals surface area (Å²) in [5, 5.41) is 7.35. The highest BCUT2D eigenvalue weighted by Crippen LogP contribution is 2.35. The van der Waals surface area contributed by atoms with Crippen LogP contribution < -0.4 is 5.32 Å². The third kappa shape index (κ3) is 2.88. The van der Waals surface area contributed by atoms with Crippen molar-refractivity contribution in [2.24, 2.45) is 0 Å². The molecule has 3 nitrogen and oxygen atoms in total. The summed E-state index contributed by atoms with van der Waals surface area (Å²) in [4.78, 5) is 0.916. The summed E-state index contributed by atoms with van der Waals surface area (Å²) in [7, 11) is 1.78. The molecule has 0 amide bonds. The van der Waals surface area contributed by atoms with Crippen molar-refractivity contribution in [3.63, 3.8) is 0 Å². The Bertz CT molecular complexity index is 618. The van der Waals surface area contributed by atoms with Crippen molar-refractivity contribution in [2.45, 2.75) is 25.8 Å². The van der Waals surface area contributed by atoms with Gasteiger partial charge in [0.1, 0.15) is 5.82 Å². The zero-order chi connectivity index (χ0) is 14.9. The Morgan fingerprint density at radius 1 is 1.40 bits per heavy atom. The molecule has 0 saturated heterocycles. The molecule has 1 N–H and O–H groups in total. The highest BCUT2D eigenvalue weighted by atomic mass is 79.9. The fraction of sp³-hybridized carbons (Fsp3) is 0.385. The Morgan fingerprint density at radius 3 is 2.70 bits per heavy atom. The van der Waals surface area contributed by atoms with Crippen molar-refractivity contribution in [1.82, 2.24) is 14.9 Å². The molecule has 20 heavy (non-hydrogen) atoms. The normalized spacial score (nSPS) is 12.9. The number of halogens is 3. The molecule has 1 atom stereocenters. The van der Waals surface area contributed by atoms with Crippen molar-refractivity contribution in [3.8, 4) is 0 Å². The van der Waals surface area contributed by atoms with E-state index in [2.05, 4.69) is 30.8 Å². The summed E-state index contributed by atoms with van der Waals surface area (Å²) in [5.41, 5.74) is 1.38. The van der Waals surface area contributed by atoms with Crippen LogP contribution >= 0.6 is 39.1 Å². The van der Waals surface area contributed by atoms with Crippen molar-refractivity contribution in [3.05, 3.63) is 43.6 Å². The SMILES string of the molecule is CNC(c1ccc(Br)c(Cl)c1F)c1snnc1C(C)C. The van der Waals surface area contributed by atoms with Gasteiger partial charge in [0.05, 0.1) is 21.6 Å². The van der Waals surface area contributed by atoms with Crippen molar-refractivity contribution in [1.29, 1.82) is 0 Å². The Morgan fingerprint density at radius 2 is 2.10 bits per heavy atom. The van der Waals surface area contributed by atoms with Crippen LogP contribution in [0.25, 0.3) is 0 Å². The van der Waals surface area contributed by atoms with E-state index in [0.717, 1.165) is 10.6 Å². The van der Waals surface area contributed by atoms with E-state index in [9.17, 15) is 4.39 Å². The van der Waals surface area contributed by atoms with Crippen LogP contribution in [-0.2, 0) is 0 Å². The molecule has 108 valence electrons. The first-order valence-electron chi connectivity index (χ1n) is 6.10. The zero-order valence-electron chi connectivity index (χ0n) is 11.2. The number of rotatable bonds is 4. The van der Waals surface area contributed by atoms with E-state index in [1.54, 1.807) is 19.2 Å². The summed E-state index contributed by atoms with van der Waals surface area (Å²) >= 11 is 10.5. The third-order valence-electron chi connectivity index (χ3n) is 3.01. The summed E-state index contributed by atoms with van der Waals surface area (Å²) in [6.07, 6.45) is 0. The molecule has 0 saturated carbocycles. The Hall–Kier alpha value is -0.560. The first-order valence-corrected chi connectivity index (χ1v) is 8.04. The Labute approximate surface area is 134 Å². The van der Waals surface area contributed by atoms with Gasteiger partial charge in [-0.1, -0.05) is 36.0 Å². The number of aromatic nitrogens is 2. The van der Waals surface area contributed by atoms with Crippen molar-refractivity contribution in [2.75, 3.05) is 7.05 Å². The molecule has 7 heteroatoms. The van der Waals surface area contributed by atoms with E-state index in [0.29, 0.717) is 10.0 Å². The molecule has 2 aromatic rings. The van der Waals surface area contributed by atoms with Gasteiger partial charge in [-0.25, -0.2) is 4.39 Å². The van der Waals surface area contributed by atoms with Crippen LogP contribution in [0.4, 0.5) is 4.39 Å². The lowest BCUT2D eigenvalue weighted by molar-refractivity contribution is 0.575. The van der Waals surface area contributed by atoms with Gasteiger partial charge in [-0.2, -0.15) is 0 Å². The maximum atomic E-state index is 14.4. The minimum absolute atomic E-state index is 0.0892. The summed E-state index contributed by atoms with van der Waals surface area (Å²) in [6.45, 7) is 4.08. The highest BCUT2D eigenvalue weighted by Gasteiger charge is 2.25. The van der Waals surface area contributed by atoms with Crippen molar-refractivity contribution < 1.29 is 4.39 Å². The molecule has 0 aliphatic carbocycles.